The van der Waals surface area contributed by atoms with E-state index in [0.717, 1.165) is 16.7 Å². The lowest BCUT2D eigenvalue weighted by Crippen LogP contribution is -2.30. The molecule has 0 saturated carbocycles. The van der Waals surface area contributed by atoms with Gasteiger partial charge in [-0.15, -0.1) is 0 Å². The van der Waals surface area contributed by atoms with Crippen molar-refractivity contribution in [3.63, 3.8) is 0 Å². The van der Waals surface area contributed by atoms with Crippen LogP contribution in [-0.2, 0) is 10.2 Å². The number of hydrogen-bond donors (Lipinski definition) is 1. The Balaban J connectivity index is 1.44. The molecule has 1 aromatic heterocycles. The highest BCUT2D eigenvalue weighted by Crippen LogP contribution is 2.32. The maximum absolute atomic E-state index is 12.7. The summed E-state index contributed by atoms with van der Waals surface area (Å²) in [6.07, 6.45) is 0. The first-order valence-electron chi connectivity index (χ1n) is 12.4. The zero-order valence-corrected chi connectivity index (χ0v) is 22.2. The van der Waals surface area contributed by atoms with Gasteiger partial charge < -0.3 is 19.2 Å². The first-order valence-corrected chi connectivity index (χ1v) is 12.4. The van der Waals surface area contributed by atoms with Crippen molar-refractivity contribution in [1.29, 1.82) is 0 Å². The second kappa shape index (κ2) is 10.9. The van der Waals surface area contributed by atoms with Gasteiger partial charge in [0, 0.05) is 11.5 Å². The Morgan fingerprint density at radius 1 is 0.974 bits per heavy atom. The number of amides is 1. The summed E-state index contributed by atoms with van der Waals surface area (Å²) in [6, 6.07) is 21.1. The SMILES string of the molecule is Cc1ccc(OCC(=O)Oc2ccc3cc(C(=O)NC(C)c4ccccc4)c(=O)oc3c2)c(C(C)(C)C)c1. The second-order valence-electron chi connectivity index (χ2n) is 10.3. The summed E-state index contributed by atoms with van der Waals surface area (Å²) >= 11 is 0. The topological polar surface area (TPSA) is 94.8 Å². The van der Waals surface area contributed by atoms with Crippen molar-refractivity contribution in [3.8, 4) is 11.5 Å². The molecule has 1 amide bonds. The molecule has 1 heterocycles. The molecule has 4 aromatic rings. The van der Waals surface area contributed by atoms with Crippen molar-refractivity contribution in [3.05, 3.63) is 105 Å². The van der Waals surface area contributed by atoms with E-state index >= 15 is 0 Å². The highest BCUT2D eigenvalue weighted by atomic mass is 16.6. The van der Waals surface area contributed by atoms with Crippen LogP contribution in [0.1, 0.15) is 60.8 Å². The molecule has 7 nitrogen and oxygen atoms in total. The molecule has 0 fully saturated rings. The number of carbonyl (C=O) groups excluding carboxylic acids is 2. The molecule has 1 N–H and O–H groups in total. The molecule has 0 bridgehead atoms. The molecule has 1 atom stereocenters. The van der Waals surface area contributed by atoms with E-state index in [2.05, 4.69) is 26.1 Å². The molecule has 0 aliphatic rings. The molecule has 0 spiro atoms. The zero-order chi connectivity index (χ0) is 27.4. The maximum atomic E-state index is 12.7. The number of hydrogen-bond acceptors (Lipinski definition) is 6. The van der Waals surface area contributed by atoms with Crippen molar-refractivity contribution in [2.24, 2.45) is 0 Å². The second-order valence-corrected chi connectivity index (χ2v) is 10.3. The van der Waals surface area contributed by atoms with Gasteiger partial charge in [-0.25, -0.2) is 9.59 Å². The van der Waals surface area contributed by atoms with Crippen LogP contribution in [-0.4, -0.2) is 18.5 Å². The summed E-state index contributed by atoms with van der Waals surface area (Å²) in [4.78, 5) is 37.8. The van der Waals surface area contributed by atoms with Crippen LogP contribution < -0.4 is 20.4 Å². The van der Waals surface area contributed by atoms with Crippen LogP contribution in [0.25, 0.3) is 11.0 Å². The van der Waals surface area contributed by atoms with Gasteiger partial charge in [-0.1, -0.05) is 68.8 Å². The van der Waals surface area contributed by atoms with Crippen molar-refractivity contribution in [2.45, 2.75) is 46.1 Å². The summed E-state index contributed by atoms with van der Waals surface area (Å²) in [7, 11) is 0. The Morgan fingerprint density at radius 2 is 1.71 bits per heavy atom. The Labute approximate surface area is 221 Å². The van der Waals surface area contributed by atoms with Crippen LogP contribution in [0.5, 0.6) is 11.5 Å². The van der Waals surface area contributed by atoms with Gasteiger partial charge in [-0.2, -0.15) is 0 Å². The number of esters is 1. The Kier molecular flexibility index (Phi) is 7.67. The third-order valence-electron chi connectivity index (χ3n) is 6.12. The number of rotatable bonds is 7. The van der Waals surface area contributed by atoms with Gasteiger partial charge in [0.1, 0.15) is 22.6 Å². The van der Waals surface area contributed by atoms with E-state index in [4.69, 9.17) is 13.9 Å². The zero-order valence-electron chi connectivity index (χ0n) is 22.2. The van der Waals surface area contributed by atoms with E-state index in [1.807, 2.05) is 62.4 Å². The largest absolute Gasteiger partial charge is 0.482 e. The average Bonchev–Trinajstić information content (AvgIpc) is 2.87. The summed E-state index contributed by atoms with van der Waals surface area (Å²) in [5.41, 5.74) is 2.17. The number of nitrogens with one attached hydrogen (secondary N) is 1. The van der Waals surface area contributed by atoms with Gasteiger partial charge in [0.25, 0.3) is 5.91 Å². The normalized spacial score (nSPS) is 12.1. The molecule has 0 aliphatic heterocycles. The fraction of sp³-hybridized carbons (Fsp3) is 0.258. The van der Waals surface area contributed by atoms with E-state index in [-0.39, 0.29) is 35.0 Å². The maximum Gasteiger partial charge on any atom is 0.349 e. The minimum absolute atomic E-state index is 0.105. The molecular formula is C31H31NO6. The average molecular weight is 514 g/mol. The van der Waals surface area contributed by atoms with Crippen LogP contribution in [0.2, 0.25) is 0 Å². The first kappa shape index (κ1) is 26.7. The fourth-order valence-corrected chi connectivity index (χ4v) is 4.07. The predicted molar refractivity (Wildman–Crippen MR) is 146 cm³/mol. The van der Waals surface area contributed by atoms with Gasteiger partial charge in [0.15, 0.2) is 6.61 Å². The van der Waals surface area contributed by atoms with Crippen LogP contribution in [0.15, 0.2) is 82.0 Å². The van der Waals surface area contributed by atoms with Crippen LogP contribution in [0.4, 0.5) is 0 Å². The minimum atomic E-state index is -0.781. The third kappa shape index (κ3) is 6.29. The van der Waals surface area contributed by atoms with Gasteiger partial charge in [0.2, 0.25) is 0 Å². The molecular weight excluding hydrogens is 482 g/mol. The van der Waals surface area contributed by atoms with Gasteiger partial charge in [0.05, 0.1) is 6.04 Å². The van der Waals surface area contributed by atoms with Crippen LogP contribution >= 0.6 is 0 Å². The number of benzene rings is 3. The van der Waals surface area contributed by atoms with Gasteiger partial charge in [-0.05, 0) is 54.7 Å². The van der Waals surface area contributed by atoms with E-state index in [1.165, 1.54) is 12.1 Å². The Morgan fingerprint density at radius 3 is 2.42 bits per heavy atom. The third-order valence-corrected chi connectivity index (χ3v) is 6.12. The molecule has 4 rings (SSSR count). The summed E-state index contributed by atoms with van der Waals surface area (Å²) in [6.45, 7) is 9.79. The highest BCUT2D eigenvalue weighted by molar-refractivity contribution is 5.97. The smallest absolute Gasteiger partial charge is 0.349 e. The summed E-state index contributed by atoms with van der Waals surface area (Å²) in [5, 5.41) is 3.34. The lowest BCUT2D eigenvalue weighted by Gasteiger charge is -2.23. The monoisotopic (exact) mass is 513 g/mol. The van der Waals surface area contributed by atoms with E-state index in [9.17, 15) is 14.4 Å². The lowest BCUT2D eigenvalue weighted by atomic mass is 9.85. The van der Waals surface area contributed by atoms with Gasteiger partial charge >= 0.3 is 11.6 Å². The van der Waals surface area contributed by atoms with Crippen molar-refractivity contribution in [2.75, 3.05) is 6.61 Å². The van der Waals surface area contributed by atoms with Crippen molar-refractivity contribution < 1.29 is 23.5 Å². The summed E-state index contributed by atoms with van der Waals surface area (Å²) in [5.74, 6) is -0.311. The summed E-state index contributed by atoms with van der Waals surface area (Å²) < 4.78 is 16.6. The standard InChI is InChI=1S/C31H31NO6/c1-19-11-14-26(25(15-19)31(3,4)5)36-18-28(33)37-23-13-12-22-16-24(30(35)38-27(22)17-23)29(34)32-20(2)21-9-7-6-8-10-21/h6-17,20H,18H2,1-5H3,(H,32,34). The highest BCUT2D eigenvalue weighted by Gasteiger charge is 2.21. The van der Waals surface area contributed by atoms with Crippen molar-refractivity contribution >= 4 is 22.8 Å². The van der Waals surface area contributed by atoms with E-state index in [1.54, 1.807) is 12.1 Å². The van der Waals surface area contributed by atoms with Crippen LogP contribution in [0, 0.1) is 6.92 Å². The van der Waals surface area contributed by atoms with E-state index < -0.39 is 17.5 Å². The van der Waals surface area contributed by atoms with Crippen LogP contribution in [0.3, 0.4) is 0 Å². The quantitative estimate of drug-likeness (QED) is 0.189. The number of carbonyl (C=O) groups is 2. The van der Waals surface area contributed by atoms with Crippen molar-refractivity contribution in [1.82, 2.24) is 5.32 Å². The molecule has 0 aliphatic carbocycles. The molecule has 38 heavy (non-hydrogen) atoms. The minimum Gasteiger partial charge on any atom is -0.482 e. The molecule has 0 saturated heterocycles. The molecule has 7 heteroatoms. The van der Waals surface area contributed by atoms with E-state index in [0.29, 0.717) is 11.1 Å². The predicted octanol–water partition coefficient (Wildman–Crippen LogP) is 5.87. The molecule has 1 unspecified atom stereocenters. The Hall–Kier alpha value is -4.39. The molecule has 196 valence electrons. The lowest BCUT2D eigenvalue weighted by molar-refractivity contribution is -0.136. The number of fused-ring (bicyclic) bond motifs is 1. The number of aryl methyl sites for hydroxylation is 1. The Bertz CT molecular complexity index is 1530. The number of ether oxygens (including phenoxy) is 2. The fourth-order valence-electron chi connectivity index (χ4n) is 4.07. The molecule has 3 aromatic carbocycles. The van der Waals surface area contributed by atoms with Gasteiger partial charge in [-0.3, -0.25) is 4.79 Å². The first-order chi connectivity index (χ1) is 18.0. The molecule has 0 radical (unpaired) electrons.